The minimum Gasteiger partial charge on any atom is -0.506 e. The van der Waals surface area contributed by atoms with Gasteiger partial charge in [0, 0.05) is 52.1 Å². The van der Waals surface area contributed by atoms with Gasteiger partial charge in [0.2, 0.25) is 0 Å². The number of pyridine rings is 3. The average Bonchev–Trinajstić information content (AvgIpc) is 2.97. The zero-order chi connectivity index (χ0) is 33.2. The van der Waals surface area contributed by atoms with E-state index in [1.807, 2.05) is 0 Å². The SMILES string of the molecule is O=S(=O)(O)c1ccc(O)c2ncccc12.O=S(=O)(O)c1ccc(O)c2ncccc12.O=S(=O)(O)c1ccc(O)c2ncccc12.[Al]. The number of nitrogens with zero attached hydrogens (tertiary/aromatic N) is 3. The summed E-state index contributed by atoms with van der Waals surface area (Å²) >= 11 is 0. The van der Waals surface area contributed by atoms with Crippen LogP contribution in [0.4, 0.5) is 0 Å². The molecule has 46 heavy (non-hydrogen) atoms. The highest BCUT2D eigenvalue weighted by Crippen LogP contribution is 2.30. The maximum Gasteiger partial charge on any atom is 0.295 e. The summed E-state index contributed by atoms with van der Waals surface area (Å²) in [6.45, 7) is 0. The predicted molar refractivity (Wildman–Crippen MR) is 165 cm³/mol. The van der Waals surface area contributed by atoms with Gasteiger partial charge in [0.25, 0.3) is 30.4 Å². The van der Waals surface area contributed by atoms with E-state index in [0.717, 1.165) is 18.2 Å². The largest absolute Gasteiger partial charge is 0.506 e. The molecule has 3 heterocycles. The normalized spacial score (nSPS) is 11.5. The summed E-state index contributed by atoms with van der Waals surface area (Å²) in [5.74, 6) is -0.381. The van der Waals surface area contributed by atoms with E-state index in [2.05, 4.69) is 15.0 Å². The standard InChI is InChI=1S/3C9H7NO4S.Al/c3*11-7-3-4-8(15(12,13)14)6-2-1-5-10-9(6)7;/h3*1-5,11H,(H,12,13,14);. The van der Waals surface area contributed by atoms with E-state index >= 15 is 0 Å². The van der Waals surface area contributed by atoms with Gasteiger partial charge < -0.3 is 15.3 Å². The minimum absolute atomic E-state index is 0. The van der Waals surface area contributed by atoms with Crippen molar-refractivity contribution in [3.8, 4) is 17.2 Å². The number of rotatable bonds is 3. The second-order valence-electron chi connectivity index (χ2n) is 8.87. The molecule has 3 radical (unpaired) electrons. The number of phenolic OH excluding ortho intramolecular Hbond substituents is 3. The van der Waals surface area contributed by atoms with Crippen LogP contribution in [0.15, 0.2) is 106 Å². The minimum atomic E-state index is -4.30. The van der Waals surface area contributed by atoms with Crippen molar-refractivity contribution in [2.45, 2.75) is 14.7 Å². The summed E-state index contributed by atoms with van der Waals surface area (Å²) in [6.07, 6.45) is 4.28. The molecule has 6 N–H and O–H groups in total. The van der Waals surface area contributed by atoms with E-state index in [4.69, 9.17) is 13.7 Å². The van der Waals surface area contributed by atoms with Gasteiger partial charge in [-0.05, 0) is 72.8 Å². The molecular formula is C27H21AlN3O12S3. The molecule has 237 valence electrons. The van der Waals surface area contributed by atoms with Gasteiger partial charge in [-0.25, -0.2) is 0 Å². The van der Waals surface area contributed by atoms with Crippen LogP contribution in [0, 0.1) is 0 Å². The Labute approximate surface area is 271 Å². The number of fused-ring (bicyclic) bond motifs is 3. The molecule has 3 aromatic carbocycles. The molecule has 15 nitrogen and oxygen atoms in total. The lowest BCUT2D eigenvalue weighted by Gasteiger charge is -2.03. The molecule has 6 rings (SSSR count). The van der Waals surface area contributed by atoms with Crippen LogP contribution < -0.4 is 0 Å². The summed E-state index contributed by atoms with van der Waals surface area (Å²) in [6, 6.07) is 15.9. The van der Waals surface area contributed by atoms with E-state index in [0.29, 0.717) is 0 Å². The molecule has 0 unspecified atom stereocenters. The van der Waals surface area contributed by atoms with E-state index < -0.39 is 30.4 Å². The summed E-state index contributed by atoms with van der Waals surface area (Å²) in [4.78, 5) is 10.7. The van der Waals surface area contributed by atoms with Gasteiger partial charge in [-0.2, -0.15) is 25.3 Å². The highest BCUT2D eigenvalue weighted by Gasteiger charge is 2.17. The number of hydrogen-bond acceptors (Lipinski definition) is 12. The monoisotopic (exact) mass is 702 g/mol. The summed E-state index contributed by atoms with van der Waals surface area (Å²) in [7, 11) is -12.9. The third kappa shape index (κ3) is 8.03. The molecule has 0 atom stereocenters. The predicted octanol–water partition coefficient (Wildman–Crippen LogP) is 3.18. The molecule has 0 fully saturated rings. The van der Waals surface area contributed by atoms with Crippen molar-refractivity contribution in [1.29, 1.82) is 0 Å². The Morgan fingerprint density at radius 2 is 0.652 bits per heavy atom. The summed E-state index contributed by atoms with van der Waals surface area (Å²) in [5, 5.41) is 28.9. The number of aromatic hydroxyl groups is 3. The number of aromatic nitrogens is 3. The van der Waals surface area contributed by atoms with Gasteiger partial charge in [-0.3, -0.25) is 28.6 Å². The topological polar surface area (TPSA) is 262 Å². The van der Waals surface area contributed by atoms with Gasteiger partial charge in [0.1, 0.15) is 48.5 Å². The lowest BCUT2D eigenvalue weighted by atomic mass is 10.2. The molecule has 0 aliphatic heterocycles. The molecule has 3 aromatic heterocycles. The second-order valence-corrected chi connectivity index (χ2v) is 13.0. The first-order valence-corrected chi connectivity index (χ1v) is 16.4. The Morgan fingerprint density at radius 1 is 0.413 bits per heavy atom. The van der Waals surface area contributed by atoms with Crippen LogP contribution in [0.5, 0.6) is 17.2 Å². The van der Waals surface area contributed by atoms with Crippen LogP contribution in [0.25, 0.3) is 32.7 Å². The first-order chi connectivity index (χ1) is 21.0. The van der Waals surface area contributed by atoms with Gasteiger partial charge in [0.05, 0.1) is 0 Å². The maximum atomic E-state index is 11.0. The number of hydrogen-bond donors (Lipinski definition) is 6. The molecule has 6 aromatic rings. The van der Waals surface area contributed by atoms with E-state index in [-0.39, 0.29) is 82.0 Å². The summed E-state index contributed by atoms with van der Waals surface area (Å²) < 4.78 is 92.8. The maximum absolute atomic E-state index is 11.0. The van der Waals surface area contributed by atoms with E-state index in [1.54, 1.807) is 0 Å². The van der Waals surface area contributed by atoms with Crippen LogP contribution >= 0.6 is 0 Å². The van der Waals surface area contributed by atoms with E-state index in [9.17, 15) is 40.6 Å². The van der Waals surface area contributed by atoms with Crippen molar-refractivity contribution >= 4 is 80.4 Å². The molecular weight excluding hydrogens is 681 g/mol. The van der Waals surface area contributed by atoms with Gasteiger partial charge in [-0.1, -0.05) is 0 Å². The van der Waals surface area contributed by atoms with Crippen LogP contribution in [0.3, 0.4) is 0 Å². The lowest BCUT2D eigenvalue weighted by Crippen LogP contribution is -1.99. The lowest BCUT2D eigenvalue weighted by molar-refractivity contribution is 0.476. The highest BCUT2D eigenvalue weighted by molar-refractivity contribution is 7.86. The number of phenols is 3. The first kappa shape index (κ1) is 36.0. The first-order valence-electron chi connectivity index (χ1n) is 12.1. The molecule has 0 aliphatic carbocycles. The third-order valence-electron chi connectivity index (χ3n) is 5.96. The molecule has 0 aliphatic rings. The van der Waals surface area contributed by atoms with Gasteiger partial charge >= 0.3 is 0 Å². The Morgan fingerprint density at radius 3 is 0.870 bits per heavy atom. The van der Waals surface area contributed by atoms with Crippen molar-refractivity contribution in [1.82, 2.24) is 15.0 Å². The van der Waals surface area contributed by atoms with Crippen molar-refractivity contribution in [2.24, 2.45) is 0 Å². The van der Waals surface area contributed by atoms with Gasteiger partial charge in [-0.15, -0.1) is 0 Å². The van der Waals surface area contributed by atoms with Crippen LogP contribution in [0.2, 0.25) is 0 Å². The Bertz CT molecular complexity index is 2140. The number of benzene rings is 3. The van der Waals surface area contributed by atoms with Crippen LogP contribution in [-0.4, -0.2) is 86.5 Å². The van der Waals surface area contributed by atoms with Crippen molar-refractivity contribution in [3.05, 3.63) is 91.4 Å². The molecule has 0 saturated carbocycles. The van der Waals surface area contributed by atoms with Crippen molar-refractivity contribution in [2.75, 3.05) is 0 Å². The zero-order valence-electron chi connectivity index (χ0n) is 22.9. The van der Waals surface area contributed by atoms with Crippen molar-refractivity contribution < 1.29 is 54.2 Å². The Hall–Kier alpha value is -4.45. The molecule has 19 heteroatoms. The Kier molecular flexibility index (Phi) is 10.9. The zero-order valence-corrected chi connectivity index (χ0v) is 26.5. The highest BCUT2D eigenvalue weighted by atomic mass is 32.2. The fourth-order valence-electron chi connectivity index (χ4n) is 4.07. The average molecular weight is 703 g/mol. The summed E-state index contributed by atoms with van der Waals surface area (Å²) in [5.41, 5.74) is 0.438. The Balaban J connectivity index is 0.000000186. The fraction of sp³-hybridized carbons (Fsp3) is 0. The third-order valence-corrected chi connectivity index (χ3v) is 8.69. The molecule has 0 spiro atoms. The molecule has 0 bridgehead atoms. The van der Waals surface area contributed by atoms with Crippen molar-refractivity contribution in [3.63, 3.8) is 0 Å². The molecule has 0 saturated heterocycles. The fourth-order valence-corrected chi connectivity index (χ4v) is 6.12. The smallest absolute Gasteiger partial charge is 0.295 e. The second kappa shape index (κ2) is 13.9. The molecule has 0 amide bonds. The van der Waals surface area contributed by atoms with Gasteiger partial charge in [0.15, 0.2) is 0 Å². The quantitative estimate of drug-likeness (QED) is 0.114. The van der Waals surface area contributed by atoms with E-state index in [1.165, 1.54) is 73.2 Å². The van der Waals surface area contributed by atoms with Crippen LogP contribution in [0.1, 0.15) is 0 Å². The van der Waals surface area contributed by atoms with Crippen LogP contribution in [-0.2, 0) is 30.4 Å².